The molecule has 0 radical (unpaired) electrons. The first kappa shape index (κ1) is 27.7. The van der Waals surface area contributed by atoms with Gasteiger partial charge in [-0.1, -0.05) is 24.3 Å². The highest BCUT2D eigenvalue weighted by Gasteiger charge is 2.26. The van der Waals surface area contributed by atoms with Crippen molar-refractivity contribution in [1.82, 2.24) is 10.6 Å². The average molecular weight is 529 g/mol. The molecule has 0 unspecified atom stereocenters. The molecule has 0 fully saturated rings. The largest absolute Gasteiger partial charge is 0.480 e. The van der Waals surface area contributed by atoms with Gasteiger partial charge in [-0.3, -0.25) is 24.0 Å². The summed E-state index contributed by atoms with van der Waals surface area (Å²) in [6.45, 7) is 0.782. The van der Waals surface area contributed by atoms with Gasteiger partial charge in [0.1, 0.15) is 18.6 Å². The number of benzene rings is 2. The van der Waals surface area contributed by atoms with Crippen LogP contribution in [0.1, 0.15) is 30.9 Å². The third-order valence-electron chi connectivity index (χ3n) is 5.64. The molecule has 11 nitrogen and oxygen atoms in total. The van der Waals surface area contributed by atoms with Crippen molar-refractivity contribution in [2.24, 2.45) is 5.73 Å². The predicted octanol–water partition coefficient (Wildman–Crippen LogP) is 1.19. The van der Waals surface area contributed by atoms with E-state index in [0.717, 1.165) is 27.1 Å². The third kappa shape index (κ3) is 7.54. The summed E-state index contributed by atoms with van der Waals surface area (Å²) in [5.74, 6) is -3.94. The maximum atomic E-state index is 12.7. The molecule has 3 rings (SSSR count). The van der Waals surface area contributed by atoms with Crippen LogP contribution < -0.4 is 21.7 Å². The van der Waals surface area contributed by atoms with Crippen molar-refractivity contribution >= 4 is 47.1 Å². The van der Waals surface area contributed by atoms with Crippen molar-refractivity contribution in [3.8, 4) is 11.1 Å². The van der Waals surface area contributed by atoms with E-state index in [1.807, 2.05) is 30.3 Å². The summed E-state index contributed by atoms with van der Waals surface area (Å²) >= 11 is 1.28. The zero-order valence-electron chi connectivity index (χ0n) is 20.1. The SMILES string of the molecule is CC(=O)Nc1cc2c(c(SC[C@H](NC(=O)CC[C@H](N)C(=O)O)C(=O)NCC(=O)O)c1)-c1ccccc1C2. The maximum absolute atomic E-state index is 12.7. The minimum absolute atomic E-state index is 0.0559. The van der Waals surface area contributed by atoms with Gasteiger partial charge in [-0.05, 0) is 47.2 Å². The lowest BCUT2D eigenvalue weighted by Gasteiger charge is -2.19. The number of anilines is 1. The van der Waals surface area contributed by atoms with Crippen LogP contribution in [0.15, 0.2) is 41.3 Å². The van der Waals surface area contributed by atoms with E-state index in [4.69, 9.17) is 15.9 Å². The molecule has 2 aromatic rings. The fourth-order valence-electron chi connectivity index (χ4n) is 3.95. The number of nitrogens with one attached hydrogen (secondary N) is 3. The van der Waals surface area contributed by atoms with Crippen LogP contribution >= 0.6 is 11.8 Å². The Morgan fingerprint density at radius 2 is 1.81 bits per heavy atom. The normalized spacial score (nSPS) is 13.0. The van der Waals surface area contributed by atoms with E-state index in [2.05, 4.69) is 16.0 Å². The fourth-order valence-corrected chi connectivity index (χ4v) is 5.13. The Kier molecular flexibility index (Phi) is 9.25. The van der Waals surface area contributed by atoms with Crippen LogP contribution in [-0.4, -0.2) is 64.3 Å². The fraction of sp³-hybridized carbons (Fsp3) is 0.320. The van der Waals surface area contributed by atoms with E-state index in [1.54, 1.807) is 6.07 Å². The second kappa shape index (κ2) is 12.4. The quantitative estimate of drug-likeness (QED) is 0.188. The Balaban J connectivity index is 1.83. The number of carbonyl (C=O) groups excluding carboxylic acids is 3. The van der Waals surface area contributed by atoms with Crippen molar-refractivity contribution in [3.63, 3.8) is 0 Å². The summed E-state index contributed by atoms with van der Waals surface area (Å²) in [6, 6.07) is 9.26. The highest BCUT2D eigenvalue weighted by Crippen LogP contribution is 2.44. The van der Waals surface area contributed by atoms with E-state index < -0.39 is 42.4 Å². The van der Waals surface area contributed by atoms with Gasteiger partial charge in [0.15, 0.2) is 0 Å². The third-order valence-corrected chi connectivity index (χ3v) is 6.78. The summed E-state index contributed by atoms with van der Waals surface area (Å²) in [7, 11) is 0. The Labute approximate surface area is 217 Å². The molecule has 37 heavy (non-hydrogen) atoms. The topological polar surface area (TPSA) is 188 Å². The molecule has 0 aliphatic heterocycles. The smallest absolute Gasteiger partial charge is 0.322 e. The van der Waals surface area contributed by atoms with Gasteiger partial charge in [-0.2, -0.15) is 0 Å². The molecule has 12 heteroatoms. The highest BCUT2D eigenvalue weighted by molar-refractivity contribution is 7.99. The molecule has 7 N–H and O–H groups in total. The Hall–Kier alpha value is -3.90. The summed E-state index contributed by atoms with van der Waals surface area (Å²) in [5.41, 5.74) is 10.2. The average Bonchev–Trinajstić information content (AvgIpc) is 3.21. The van der Waals surface area contributed by atoms with Crippen molar-refractivity contribution < 1.29 is 34.2 Å². The molecule has 196 valence electrons. The second-order valence-electron chi connectivity index (χ2n) is 8.55. The molecular formula is C25H28N4O7S. The monoisotopic (exact) mass is 528 g/mol. The summed E-state index contributed by atoms with van der Waals surface area (Å²) in [4.78, 5) is 59.5. The van der Waals surface area contributed by atoms with Gasteiger partial charge >= 0.3 is 11.9 Å². The van der Waals surface area contributed by atoms with Gasteiger partial charge in [0.25, 0.3) is 0 Å². The molecule has 0 bridgehead atoms. The minimum Gasteiger partial charge on any atom is -0.480 e. The molecule has 2 aromatic carbocycles. The lowest BCUT2D eigenvalue weighted by molar-refractivity contribution is -0.139. The Bertz CT molecular complexity index is 1230. The van der Waals surface area contributed by atoms with Crippen molar-refractivity contribution in [1.29, 1.82) is 0 Å². The number of carboxylic acids is 2. The van der Waals surface area contributed by atoms with Gasteiger partial charge in [0.05, 0.1) is 0 Å². The molecule has 0 spiro atoms. The number of carboxylic acid groups (broad SMARTS) is 2. The first-order valence-electron chi connectivity index (χ1n) is 11.5. The zero-order valence-corrected chi connectivity index (χ0v) is 20.9. The van der Waals surface area contributed by atoms with Gasteiger partial charge in [0.2, 0.25) is 17.7 Å². The van der Waals surface area contributed by atoms with E-state index in [-0.39, 0.29) is 24.5 Å². The lowest BCUT2D eigenvalue weighted by atomic mass is 10.1. The molecule has 0 aromatic heterocycles. The number of thioether (sulfide) groups is 1. The number of amides is 3. The number of hydrogen-bond donors (Lipinski definition) is 6. The van der Waals surface area contributed by atoms with Gasteiger partial charge in [-0.25, -0.2) is 0 Å². The summed E-state index contributed by atoms with van der Waals surface area (Å²) in [5, 5.41) is 25.4. The number of aliphatic carboxylic acids is 2. The van der Waals surface area contributed by atoms with E-state index in [0.29, 0.717) is 12.1 Å². The van der Waals surface area contributed by atoms with E-state index >= 15 is 0 Å². The van der Waals surface area contributed by atoms with E-state index in [9.17, 15) is 24.0 Å². The van der Waals surface area contributed by atoms with Crippen LogP contribution in [0.25, 0.3) is 11.1 Å². The minimum atomic E-state index is -1.24. The molecule has 0 heterocycles. The molecule has 1 aliphatic rings. The standard InChI is InChI=1S/C25H28N4O7S/c1-13(30)28-16-9-15-8-14-4-2-3-5-17(14)23(15)20(10-16)37-12-19(24(34)27-11-22(32)33)29-21(31)7-6-18(26)25(35)36/h2-5,9-10,18-19H,6-8,11-12,26H2,1H3,(H,27,34)(H,28,30)(H,29,31)(H,32,33)(H,35,36)/t18-,19-/m0/s1. The van der Waals surface area contributed by atoms with Crippen molar-refractivity contribution in [2.45, 2.75) is 43.2 Å². The molecule has 1 aliphatic carbocycles. The van der Waals surface area contributed by atoms with Crippen LogP contribution in [0.4, 0.5) is 5.69 Å². The maximum Gasteiger partial charge on any atom is 0.322 e. The number of fused-ring (bicyclic) bond motifs is 3. The van der Waals surface area contributed by atoms with E-state index in [1.165, 1.54) is 18.7 Å². The first-order valence-corrected chi connectivity index (χ1v) is 12.5. The van der Waals surface area contributed by atoms with Gasteiger partial charge in [-0.15, -0.1) is 11.8 Å². The number of carbonyl (C=O) groups is 5. The molecule has 0 saturated carbocycles. The number of rotatable bonds is 12. The Morgan fingerprint density at radius 1 is 1.08 bits per heavy atom. The molecule has 3 amide bonds. The first-order chi connectivity index (χ1) is 17.5. The summed E-state index contributed by atoms with van der Waals surface area (Å²) in [6.07, 6.45) is 0.331. The molecule has 0 saturated heterocycles. The van der Waals surface area contributed by atoms with Gasteiger partial charge in [0, 0.05) is 29.7 Å². The van der Waals surface area contributed by atoms with Gasteiger partial charge < -0.3 is 31.9 Å². The lowest BCUT2D eigenvalue weighted by Crippen LogP contribution is -2.49. The van der Waals surface area contributed by atoms with Crippen molar-refractivity contribution in [3.05, 3.63) is 47.5 Å². The molecule has 2 atom stereocenters. The molecular weight excluding hydrogens is 500 g/mol. The summed E-state index contributed by atoms with van der Waals surface area (Å²) < 4.78 is 0. The van der Waals surface area contributed by atoms with Crippen LogP contribution in [0.3, 0.4) is 0 Å². The van der Waals surface area contributed by atoms with Crippen LogP contribution in [0.5, 0.6) is 0 Å². The number of nitrogens with two attached hydrogens (primary N) is 1. The zero-order chi connectivity index (χ0) is 27.1. The van der Waals surface area contributed by atoms with Crippen LogP contribution in [0, 0.1) is 0 Å². The number of hydrogen-bond acceptors (Lipinski definition) is 7. The Morgan fingerprint density at radius 3 is 2.49 bits per heavy atom. The second-order valence-corrected chi connectivity index (χ2v) is 9.61. The highest BCUT2D eigenvalue weighted by atomic mass is 32.2. The van der Waals surface area contributed by atoms with Crippen molar-refractivity contribution in [2.75, 3.05) is 17.6 Å². The predicted molar refractivity (Wildman–Crippen MR) is 137 cm³/mol. The van der Waals surface area contributed by atoms with Crippen LogP contribution in [0.2, 0.25) is 0 Å². The van der Waals surface area contributed by atoms with Crippen LogP contribution in [-0.2, 0) is 30.4 Å².